The molecular weight excluding hydrogens is 200 g/mol. The maximum Gasteiger partial charge on any atom is 0.303 e. The Morgan fingerprint density at radius 2 is 2.27 bits per heavy atom. The Morgan fingerprint density at radius 3 is 2.93 bits per heavy atom. The molecule has 0 saturated carbocycles. The first-order valence-electron chi connectivity index (χ1n) is 4.81. The average Bonchev–Trinajstić information content (AvgIpc) is 2.20. The minimum atomic E-state index is -0.784. The van der Waals surface area contributed by atoms with Crippen molar-refractivity contribution in [3.8, 4) is 0 Å². The standard InChI is InChI=1S/C9H14N2O4/c12-8-5-7-15-10-11(8)6-3-1-2-4-9(13)14/h5,7,10H,1-4,6H2,(H,13,14). The normalized spacial score (nSPS) is 15.2. The monoisotopic (exact) mass is 214 g/mol. The average molecular weight is 214 g/mol. The molecule has 0 aromatic rings. The number of hydrazine groups is 1. The lowest BCUT2D eigenvalue weighted by Crippen LogP contribution is -2.44. The molecule has 0 spiro atoms. The van der Waals surface area contributed by atoms with Crippen molar-refractivity contribution in [2.24, 2.45) is 0 Å². The molecule has 0 atom stereocenters. The second-order valence-electron chi connectivity index (χ2n) is 3.21. The molecule has 0 radical (unpaired) electrons. The van der Waals surface area contributed by atoms with Gasteiger partial charge in [-0.25, -0.2) is 5.01 Å². The number of amides is 1. The third-order valence-corrected chi connectivity index (χ3v) is 1.98. The SMILES string of the molecule is O=C(O)CCCCCN1NOC=CC1=O. The molecule has 0 unspecified atom stereocenters. The van der Waals surface area contributed by atoms with Crippen molar-refractivity contribution in [2.75, 3.05) is 6.54 Å². The number of carbonyl (C=O) groups is 2. The zero-order valence-electron chi connectivity index (χ0n) is 8.31. The van der Waals surface area contributed by atoms with Crippen LogP contribution in [-0.2, 0) is 14.4 Å². The number of aliphatic carboxylic acids is 1. The first kappa shape index (κ1) is 11.5. The number of nitrogens with zero attached hydrogens (tertiary/aromatic N) is 1. The van der Waals surface area contributed by atoms with E-state index < -0.39 is 5.97 Å². The summed E-state index contributed by atoms with van der Waals surface area (Å²) in [7, 11) is 0. The Hall–Kier alpha value is -1.56. The molecule has 84 valence electrons. The van der Waals surface area contributed by atoms with Crippen LogP contribution in [0.3, 0.4) is 0 Å². The highest BCUT2D eigenvalue weighted by Gasteiger charge is 2.13. The number of hydrogen-bond donors (Lipinski definition) is 2. The van der Waals surface area contributed by atoms with E-state index in [-0.39, 0.29) is 12.3 Å². The molecule has 1 amide bonds. The van der Waals surface area contributed by atoms with Crippen LogP contribution in [0.5, 0.6) is 0 Å². The number of carboxylic acid groups (broad SMARTS) is 1. The maximum absolute atomic E-state index is 11.2. The lowest BCUT2D eigenvalue weighted by Gasteiger charge is -2.23. The van der Waals surface area contributed by atoms with Gasteiger partial charge < -0.3 is 9.94 Å². The summed E-state index contributed by atoms with van der Waals surface area (Å²) in [5.41, 5.74) is 2.45. The molecule has 0 aromatic carbocycles. The highest BCUT2D eigenvalue weighted by molar-refractivity contribution is 5.87. The van der Waals surface area contributed by atoms with E-state index >= 15 is 0 Å². The first-order valence-corrected chi connectivity index (χ1v) is 4.81. The predicted molar refractivity (Wildman–Crippen MR) is 51.2 cm³/mol. The molecule has 15 heavy (non-hydrogen) atoms. The molecule has 6 heteroatoms. The largest absolute Gasteiger partial charge is 0.481 e. The Balaban J connectivity index is 2.07. The van der Waals surface area contributed by atoms with E-state index in [9.17, 15) is 9.59 Å². The zero-order valence-corrected chi connectivity index (χ0v) is 8.31. The van der Waals surface area contributed by atoms with Crippen molar-refractivity contribution in [3.63, 3.8) is 0 Å². The number of hydrogen-bond acceptors (Lipinski definition) is 4. The van der Waals surface area contributed by atoms with Crippen LogP contribution in [0.4, 0.5) is 0 Å². The third-order valence-electron chi connectivity index (χ3n) is 1.98. The quantitative estimate of drug-likeness (QED) is 0.626. The highest BCUT2D eigenvalue weighted by atomic mass is 16.7. The summed E-state index contributed by atoms with van der Waals surface area (Å²) in [5.74, 6) is -0.937. The van der Waals surface area contributed by atoms with Crippen molar-refractivity contribution in [3.05, 3.63) is 12.3 Å². The van der Waals surface area contributed by atoms with Gasteiger partial charge in [-0.2, -0.15) is 0 Å². The van der Waals surface area contributed by atoms with Gasteiger partial charge in [0.15, 0.2) is 0 Å². The molecule has 0 bridgehead atoms. The van der Waals surface area contributed by atoms with Crippen LogP contribution in [0.2, 0.25) is 0 Å². The van der Waals surface area contributed by atoms with E-state index in [1.807, 2.05) is 0 Å². The van der Waals surface area contributed by atoms with Crippen molar-refractivity contribution in [2.45, 2.75) is 25.7 Å². The molecule has 1 aliphatic rings. The van der Waals surface area contributed by atoms with Gasteiger partial charge in [0.25, 0.3) is 5.91 Å². The number of rotatable bonds is 6. The van der Waals surface area contributed by atoms with E-state index in [1.54, 1.807) is 0 Å². The van der Waals surface area contributed by atoms with Crippen LogP contribution in [0, 0.1) is 0 Å². The molecular formula is C9H14N2O4. The third kappa shape index (κ3) is 4.46. The Labute approximate surface area is 87.4 Å². The van der Waals surface area contributed by atoms with E-state index in [4.69, 9.17) is 9.94 Å². The van der Waals surface area contributed by atoms with Crippen molar-refractivity contribution < 1.29 is 19.5 Å². The van der Waals surface area contributed by atoms with E-state index in [0.29, 0.717) is 13.0 Å². The maximum atomic E-state index is 11.2. The van der Waals surface area contributed by atoms with Gasteiger partial charge in [0.2, 0.25) is 0 Å². The van der Waals surface area contributed by atoms with Gasteiger partial charge >= 0.3 is 5.97 Å². The fourth-order valence-corrected chi connectivity index (χ4v) is 1.20. The van der Waals surface area contributed by atoms with Crippen molar-refractivity contribution in [1.82, 2.24) is 10.6 Å². The van der Waals surface area contributed by atoms with E-state index in [0.717, 1.165) is 12.8 Å². The lowest BCUT2D eigenvalue weighted by atomic mass is 10.2. The van der Waals surface area contributed by atoms with E-state index in [1.165, 1.54) is 17.3 Å². The van der Waals surface area contributed by atoms with Crippen LogP contribution in [0.15, 0.2) is 12.3 Å². The number of carbonyl (C=O) groups excluding carboxylic acids is 1. The number of nitrogens with one attached hydrogen (secondary N) is 1. The fourth-order valence-electron chi connectivity index (χ4n) is 1.20. The second kappa shape index (κ2) is 6.02. The smallest absolute Gasteiger partial charge is 0.303 e. The Kier molecular flexibility index (Phi) is 4.62. The van der Waals surface area contributed by atoms with Crippen molar-refractivity contribution >= 4 is 11.9 Å². The Bertz CT molecular complexity index is 265. The minimum absolute atomic E-state index is 0.153. The fraction of sp³-hybridized carbons (Fsp3) is 0.556. The molecule has 6 nitrogen and oxygen atoms in total. The van der Waals surface area contributed by atoms with Crippen LogP contribution in [-0.4, -0.2) is 28.5 Å². The number of carboxylic acids is 1. The van der Waals surface area contributed by atoms with Gasteiger partial charge in [0, 0.05) is 19.0 Å². The van der Waals surface area contributed by atoms with Gasteiger partial charge in [0.05, 0.1) is 0 Å². The summed E-state index contributed by atoms with van der Waals surface area (Å²) in [6.45, 7) is 0.517. The molecule has 1 heterocycles. The summed E-state index contributed by atoms with van der Waals surface area (Å²) in [4.78, 5) is 26.1. The summed E-state index contributed by atoms with van der Waals surface area (Å²) >= 11 is 0. The van der Waals surface area contributed by atoms with Gasteiger partial charge in [-0.15, -0.1) is 0 Å². The van der Waals surface area contributed by atoms with Crippen molar-refractivity contribution in [1.29, 1.82) is 0 Å². The van der Waals surface area contributed by atoms with Gasteiger partial charge in [-0.1, -0.05) is 12.0 Å². The van der Waals surface area contributed by atoms with Crippen LogP contribution < -0.4 is 5.59 Å². The molecule has 2 N–H and O–H groups in total. The van der Waals surface area contributed by atoms with Gasteiger partial charge in [-0.05, 0) is 12.8 Å². The first-order chi connectivity index (χ1) is 7.20. The molecule has 0 fully saturated rings. The van der Waals surface area contributed by atoms with Crippen LogP contribution in [0.1, 0.15) is 25.7 Å². The predicted octanol–water partition coefficient (Wildman–Crippen LogP) is 0.424. The van der Waals surface area contributed by atoms with Gasteiger partial charge in [0.1, 0.15) is 6.26 Å². The Morgan fingerprint density at radius 1 is 1.47 bits per heavy atom. The van der Waals surface area contributed by atoms with Crippen LogP contribution >= 0.6 is 0 Å². The van der Waals surface area contributed by atoms with Crippen LogP contribution in [0.25, 0.3) is 0 Å². The topological polar surface area (TPSA) is 78.9 Å². The summed E-state index contributed by atoms with van der Waals surface area (Å²) in [6.07, 6.45) is 4.95. The summed E-state index contributed by atoms with van der Waals surface area (Å²) < 4.78 is 0. The summed E-state index contributed by atoms with van der Waals surface area (Å²) in [6, 6.07) is 0. The molecule has 0 saturated heterocycles. The molecule has 0 aromatic heterocycles. The molecule has 1 aliphatic heterocycles. The minimum Gasteiger partial charge on any atom is -0.481 e. The second-order valence-corrected chi connectivity index (χ2v) is 3.21. The zero-order chi connectivity index (χ0) is 11.1. The lowest BCUT2D eigenvalue weighted by molar-refractivity contribution is -0.144. The number of unbranched alkanes of at least 4 members (excludes halogenated alkanes) is 2. The molecule has 0 aliphatic carbocycles. The highest BCUT2D eigenvalue weighted by Crippen LogP contribution is 2.03. The molecule has 1 rings (SSSR count). The van der Waals surface area contributed by atoms with Gasteiger partial charge in [-0.3, -0.25) is 9.59 Å². The summed E-state index contributed by atoms with van der Waals surface area (Å²) in [5, 5.41) is 9.75. The van der Waals surface area contributed by atoms with E-state index in [2.05, 4.69) is 5.59 Å².